The third kappa shape index (κ3) is 3.81. The van der Waals surface area contributed by atoms with E-state index in [4.69, 9.17) is 5.73 Å². The van der Waals surface area contributed by atoms with Crippen molar-refractivity contribution < 1.29 is 12.8 Å². The summed E-state index contributed by atoms with van der Waals surface area (Å²) in [6.45, 7) is 3.72. The first kappa shape index (κ1) is 16.4. The first-order chi connectivity index (χ1) is 9.83. The molecule has 6 heteroatoms. The number of hydrogen-bond acceptors (Lipinski definition) is 3. The van der Waals surface area contributed by atoms with E-state index in [0.717, 1.165) is 25.7 Å². The molecule has 21 heavy (non-hydrogen) atoms. The van der Waals surface area contributed by atoms with E-state index in [2.05, 4.69) is 11.6 Å². The minimum absolute atomic E-state index is 0.00109. The summed E-state index contributed by atoms with van der Waals surface area (Å²) < 4.78 is 41.6. The summed E-state index contributed by atoms with van der Waals surface area (Å²) >= 11 is 0. The fraction of sp³-hybridized carbons (Fsp3) is 0.600. The molecule has 1 aliphatic carbocycles. The Balaban J connectivity index is 2.29. The smallest absolute Gasteiger partial charge is 0.241 e. The third-order valence-electron chi connectivity index (χ3n) is 4.14. The summed E-state index contributed by atoms with van der Waals surface area (Å²) in [6, 6.07) is 2.69. The van der Waals surface area contributed by atoms with Crippen molar-refractivity contribution in [2.24, 2.45) is 11.7 Å². The number of hydrogen-bond donors (Lipinski definition) is 2. The summed E-state index contributed by atoms with van der Waals surface area (Å²) in [5, 5.41) is 0. The average molecular weight is 314 g/mol. The van der Waals surface area contributed by atoms with Crippen LogP contribution >= 0.6 is 0 Å². The van der Waals surface area contributed by atoms with E-state index >= 15 is 0 Å². The van der Waals surface area contributed by atoms with Crippen LogP contribution in [0.15, 0.2) is 17.0 Å². The van der Waals surface area contributed by atoms with Gasteiger partial charge in [-0.15, -0.1) is 0 Å². The Morgan fingerprint density at radius 3 is 2.71 bits per heavy atom. The molecule has 2 atom stereocenters. The van der Waals surface area contributed by atoms with Gasteiger partial charge in [-0.05, 0) is 43.4 Å². The van der Waals surface area contributed by atoms with Crippen LogP contribution in [0.1, 0.15) is 43.7 Å². The lowest BCUT2D eigenvalue weighted by Crippen LogP contribution is -2.38. The molecule has 2 rings (SSSR count). The maximum atomic E-state index is 13.8. The van der Waals surface area contributed by atoms with Gasteiger partial charge in [-0.25, -0.2) is 17.5 Å². The minimum atomic E-state index is -3.71. The zero-order valence-corrected chi connectivity index (χ0v) is 13.3. The maximum Gasteiger partial charge on any atom is 0.241 e. The molecule has 2 unspecified atom stereocenters. The normalized spacial score (nSPS) is 23.2. The molecule has 0 saturated heterocycles. The molecule has 0 aromatic heterocycles. The van der Waals surface area contributed by atoms with Gasteiger partial charge in [0.05, 0.1) is 4.90 Å². The first-order valence-electron chi connectivity index (χ1n) is 7.35. The van der Waals surface area contributed by atoms with Crippen LogP contribution in [0.25, 0.3) is 0 Å². The van der Waals surface area contributed by atoms with Gasteiger partial charge < -0.3 is 5.73 Å². The molecule has 0 amide bonds. The summed E-state index contributed by atoms with van der Waals surface area (Å²) in [6.07, 6.45) is 3.82. The topological polar surface area (TPSA) is 72.2 Å². The van der Waals surface area contributed by atoms with E-state index < -0.39 is 15.8 Å². The summed E-state index contributed by atoms with van der Waals surface area (Å²) in [5.41, 5.74) is 6.13. The molecule has 4 nitrogen and oxygen atoms in total. The highest BCUT2D eigenvalue weighted by Crippen LogP contribution is 2.26. The van der Waals surface area contributed by atoms with Crippen LogP contribution in [0, 0.1) is 18.7 Å². The van der Waals surface area contributed by atoms with Crippen molar-refractivity contribution >= 4 is 10.0 Å². The molecule has 1 aromatic rings. The number of benzene rings is 1. The van der Waals surface area contributed by atoms with Crippen LogP contribution in [-0.4, -0.2) is 14.5 Å². The number of rotatable bonds is 4. The van der Waals surface area contributed by atoms with Crippen LogP contribution < -0.4 is 10.5 Å². The Morgan fingerprint density at radius 2 is 2.10 bits per heavy atom. The van der Waals surface area contributed by atoms with Gasteiger partial charge in [0.25, 0.3) is 0 Å². The summed E-state index contributed by atoms with van der Waals surface area (Å²) in [7, 11) is -3.71. The van der Waals surface area contributed by atoms with E-state index in [1.54, 1.807) is 0 Å². The Bertz CT molecular complexity index is 616. The Kier molecular flexibility index (Phi) is 5.01. The van der Waals surface area contributed by atoms with Crippen molar-refractivity contribution in [3.63, 3.8) is 0 Å². The Labute approximate surface area is 126 Å². The van der Waals surface area contributed by atoms with Crippen molar-refractivity contribution in [1.82, 2.24) is 4.72 Å². The second-order valence-electron chi connectivity index (χ2n) is 5.99. The summed E-state index contributed by atoms with van der Waals surface area (Å²) in [5.74, 6) is -0.0185. The van der Waals surface area contributed by atoms with Crippen molar-refractivity contribution in [2.45, 2.75) is 57.0 Å². The van der Waals surface area contributed by atoms with Crippen LogP contribution in [-0.2, 0) is 16.6 Å². The Morgan fingerprint density at radius 1 is 1.38 bits per heavy atom. The van der Waals surface area contributed by atoms with Gasteiger partial charge in [0.1, 0.15) is 5.82 Å². The van der Waals surface area contributed by atoms with Crippen LogP contribution in [0.2, 0.25) is 0 Å². The zero-order chi connectivity index (χ0) is 15.6. The van der Waals surface area contributed by atoms with Crippen molar-refractivity contribution in [2.75, 3.05) is 0 Å². The molecule has 0 radical (unpaired) electrons. The highest BCUT2D eigenvalue weighted by molar-refractivity contribution is 7.89. The molecule has 1 fully saturated rings. The minimum Gasteiger partial charge on any atom is -0.326 e. The lowest BCUT2D eigenvalue weighted by Gasteiger charge is -2.27. The second-order valence-corrected chi connectivity index (χ2v) is 7.68. The molecule has 0 aliphatic heterocycles. The van der Waals surface area contributed by atoms with E-state index in [1.807, 2.05) is 0 Å². The highest BCUT2D eigenvalue weighted by Gasteiger charge is 2.26. The molecule has 0 bridgehead atoms. The number of nitrogens with one attached hydrogen (secondary N) is 1. The number of nitrogens with two attached hydrogens (primary N) is 1. The largest absolute Gasteiger partial charge is 0.326 e. The van der Waals surface area contributed by atoms with Crippen LogP contribution in [0.3, 0.4) is 0 Å². The second kappa shape index (κ2) is 6.42. The first-order valence-corrected chi connectivity index (χ1v) is 8.83. The molecule has 0 spiro atoms. The van der Waals surface area contributed by atoms with Gasteiger partial charge in [-0.3, -0.25) is 0 Å². The zero-order valence-electron chi connectivity index (χ0n) is 12.5. The van der Waals surface area contributed by atoms with Gasteiger partial charge in [-0.1, -0.05) is 19.8 Å². The Hall–Kier alpha value is -0.980. The van der Waals surface area contributed by atoms with Crippen molar-refractivity contribution in [3.05, 3.63) is 29.1 Å². The molecule has 3 N–H and O–H groups in total. The monoisotopic (exact) mass is 314 g/mol. The standard InChI is InChI=1S/C15H23FN2O2S/c1-10-4-3-5-13(6-10)18-21(19,20)15-8-12(9-17)7-14(16)11(15)2/h7-8,10,13,18H,3-6,9,17H2,1-2H3. The SMILES string of the molecule is Cc1c(F)cc(CN)cc1S(=O)(=O)NC1CCCC(C)C1. The van der Waals surface area contributed by atoms with Crippen molar-refractivity contribution in [3.8, 4) is 0 Å². The molecule has 118 valence electrons. The van der Waals surface area contributed by atoms with Gasteiger partial charge in [0.2, 0.25) is 10.0 Å². The third-order valence-corrected chi connectivity index (χ3v) is 5.79. The lowest BCUT2D eigenvalue weighted by molar-refractivity contribution is 0.327. The van der Waals surface area contributed by atoms with Crippen LogP contribution in [0.5, 0.6) is 0 Å². The van der Waals surface area contributed by atoms with E-state index in [9.17, 15) is 12.8 Å². The molecule has 1 saturated carbocycles. The molecular formula is C15H23FN2O2S. The molecule has 1 aromatic carbocycles. The van der Waals surface area contributed by atoms with Crippen molar-refractivity contribution in [1.29, 1.82) is 0 Å². The maximum absolute atomic E-state index is 13.8. The molecule has 0 heterocycles. The summed E-state index contributed by atoms with van der Waals surface area (Å²) in [4.78, 5) is 0.00109. The number of sulfonamides is 1. The fourth-order valence-electron chi connectivity index (χ4n) is 2.93. The van der Waals surface area contributed by atoms with E-state index in [1.165, 1.54) is 19.1 Å². The van der Waals surface area contributed by atoms with Gasteiger partial charge in [0.15, 0.2) is 0 Å². The molecular weight excluding hydrogens is 291 g/mol. The number of halogens is 1. The lowest BCUT2D eigenvalue weighted by atomic mass is 9.88. The van der Waals surface area contributed by atoms with E-state index in [-0.39, 0.29) is 23.0 Å². The van der Waals surface area contributed by atoms with Gasteiger partial charge >= 0.3 is 0 Å². The van der Waals surface area contributed by atoms with Crippen LogP contribution in [0.4, 0.5) is 4.39 Å². The van der Waals surface area contributed by atoms with Gasteiger partial charge in [0, 0.05) is 18.2 Å². The highest BCUT2D eigenvalue weighted by atomic mass is 32.2. The average Bonchev–Trinajstić information content (AvgIpc) is 2.41. The fourth-order valence-corrected chi connectivity index (χ4v) is 4.52. The predicted molar refractivity (Wildman–Crippen MR) is 80.8 cm³/mol. The molecule has 1 aliphatic rings. The quantitative estimate of drug-likeness (QED) is 0.896. The van der Waals surface area contributed by atoms with E-state index in [0.29, 0.717) is 11.5 Å². The van der Waals surface area contributed by atoms with Gasteiger partial charge in [-0.2, -0.15) is 0 Å². The predicted octanol–water partition coefficient (Wildman–Crippen LogP) is 2.45.